The van der Waals surface area contributed by atoms with Crippen molar-refractivity contribution in [2.45, 2.75) is 56.9 Å². The van der Waals surface area contributed by atoms with Gasteiger partial charge in [-0.2, -0.15) is 0 Å². The van der Waals surface area contributed by atoms with Crippen LogP contribution < -0.4 is 15.1 Å². The van der Waals surface area contributed by atoms with Crippen molar-refractivity contribution in [3.8, 4) is 17.2 Å². The molecular formula is C28H30O10. The van der Waals surface area contributed by atoms with E-state index < -0.39 is 41.7 Å². The van der Waals surface area contributed by atoms with Crippen LogP contribution in [0.1, 0.15) is 44.1 Å². The van der Waals surface area contributed by atoms with Crippen molar-refractivity contribution >= 4 is 32.5 Å². The van der Waals surface area contributed by atoms with E-state index in [1.54, 1.807) is 26.0 Å². The number of methoxy groups -OCH3 is 2. The SMILES string of the molecule is COc1cc2c(oc(=O)c3cc([C@@H](C)O)cc(OC)c32)c2c([C@H]3O[C@H](C)[C@@H](O)[C@](C)(O)[C@H]3O)ccc(O)c12. The molecule has 1 aromatic heterocycles. The predicted octanol–water partition coefficient (Wildman–Crippen LogP) is 2.81. The average molecular weight is 527 g/mol. The Kier molecular flexibility index (Phi) is 6.28. The lowest BCUT2D eigenvalue weighted by molar-refractivity contribution is -0.261. The first kappa shape index (κ1) is 26.2. The van der Waals surface area contributed by atoms with Crippen LogP contribution in [-0.4, -0.2) is 63.7 Å². The summed E-state index contributed by atoms with van der Waals surface area (Å²) in [6.45, 7) is 4.45. The van der Waals surface area contributed by atoms with Gasteiger partial charge in [-0.05, 0) is 56.2 Å². The van der Waals surface area contributed by atoms with Crippen LogP contribution in [0.5, 0.6) is 17.2 Å². The summed E-state index contributed by atoms with van der Waals surface area (Å²) in [5.74, 6) is 0.383. The van der Waals surface area contributed by atoms with E-state index in [-0.39, 0.29) is 33.2 Å². The van der Waals surface area contributed by atoms with Crippen LogP contribution in [0.15, 0.2) is 39.5 Å². The van der Waals surface area contributed by atoms with E-state index >= 15 is 0 Å². The Labute approximate surface area is 217 Å². The summed E-state index contributed by atoms with van der Waals surface area (Å²) in [6.07, 6.45) is -5.82. The lowest BCUT2D eigenvalue weighted by Gasteiger charge is -2.46. The molecule has 1 aliphatic heterocycles. The van der Waals surface area contributed by atoms with Gasteiger partial charge < -0.3 is 44.2 Å². The molecule has 10 heteroatoms. The summed E-state index contributed by atoms with van der Waals surface area (Å²) in [7, 11) is 2.86. The van der Waals surface area contributed by atoms with E-state index in [1.165, 1.54) is 39.3 Å². The Bertz CT molecular complexity index is 1620. The first-order valence-electron chi connectivity index (χ1n) is 12.1. The highest BCUT2D eigenvalue weighted by atomic mass is 16.5. The Morgan fingerprint density at radius 2 is 1.63 bits per heavy atom. The molecule has 38 heavy (non-hydrogen) atoms. The fourth-order valence-electron chi connectivity index (χ4n) is 5.40. The molecule has 2 heterocycles. The monoisotopic (exact) mass is 526 g/mol. The van der Waals surface area contributed by atoms with Crippen LogP contribution in [0.25, 0.3) is 32.5 Å². The van der Waals surface area contributed by atoms with Gasteiger partial charge in [-0.1, -0.05) is 6.07 Å². The Balaban J connectivity index is 1.96. The van der Waals surface area contributed by atoms with Gasteiger partial charge in [-0.15, -0.1) is 0 Å². The predicted molar refractivity (Wildman–Crippen MR) is 139 cm³/mol. The molecule has 4 aromatic rings. The second kappa shape index (κ2) is 9.11. The van der Waals surface area contributed by atoms with Gasteiger partial charge in [0.2, 0.25) is 0 Å². The van der Waals surface area contributed by atoms with E-state index in [4.69, 9.17) is 18.6 Å². The molecule has 5 N–H and O–H groups in total. The van der Waals surface area contributed by atoms with Gasteiger partial charge in [0.15, 0.2) is 0 Å². The molecule has 0 spiro atoms. The van der Waals surface area contributed by atoms with Crippen LogP contribution in [0.4, 0.5) is 0 Å². The fraction of sp³-hybridized carbons (Fsp3) is 0.393. The lowest BCUT2D eigenvalue weighted by atomic mass is 9.80. The second-order valence-electron chi connectivity index (χ2n) is 9.97. The van der Waals surface area contributed by atoms with Crippen molar-refractivity contribution in [3.63, 3.8) is 0 Å². The largest absolute Gasteiger partial charge is 0.507 e. The van der Waals surface area contributed by atoms with E-state index in [1.807, 2.05) is 0 Å². The topological polar surface area (TPSA) is 159 Å². The number of phenols is 1. The minimum atomic E-state index is -1.92. The van der Waals surface area contributed by atoms with E-state index in [2.05, 4.69) is 0 Å². The summed E-state index contributed by atoms with van der Waals surface area (Å²) in [4.78, 5) is 13.3. The van der Waals surface area contributed by atoms with Gasteiger partial charge in [0.05, 0.1) is 37.2 Å². The third-order valence-corrected chi connectivity index (χ3v) is 7.54. The Hall–Kier alpha value is -3.41. The third kappa shape index (κ3) is 3.71. The number of phenolic OH excluding ortho intramolecular Hbond substituents is 1. The van der Waals surface area contributed by atoms with Crippen molar-refractivity contribution in [2.24, 2.45) is 0 Å². The highest BCUT2D eigenvalue weighted by Gasteiger charge is 2.51. The van der Waals surface area contributed by atoms with E-state index in [9.17, 15) is 30.3 Å². The van der Waals surface area contributed by atoms with Crippen LogP contribution in [0.3, 0.4) is 0 Å². The molecule has 202 valence electrons. The minimum Gasteiger partial charge on any atom is -0.507 e. The molecule has 1 fully saturated rings. The maximum absolute atomic E-state index is 13.3. The van der Waals surface area contributed by atoms with Crippen molar-refractivity contribution in [1.29, 1.82) is 0 Å². The van der Waals surface area contributed by atoms with Crippen LogP contribution in [0, 0.1) is 0 Å². The maximum Gasteiger partial charge on any atom is 0.344 e. The number of benzene rings is 3. The summed E-state index contributed by atoms with van der Waals surface area (Å²) in [6, 6.07) is 7.66. The van der Waals surface area contributed by atoms with Crippen molar-refractivity contribution in [2.75, 3.05) is 14.2 Å². The van der Waals surface area contributed by atoms with Crippen molar-refractivity contribution < 1.29 is 44.2 Å². The molecule has 0 unspecified atom stereocenters. The number of aliphatic hydroxyl groups excluding tert-OH is 3. The number of aliphatic hydroxyl groups is 4. The third-order valence-electron chi connectivity index (χ3n) is 7.54. The lowest BCUT2D eigenvalue weighted by Crippen LogP contribution is -2.61. The zero-order chi connectivity index (χ0) is 27.7. The van der Waals surface area contributed by atoms with Crippen LogP contribution in [0.2, 0.25) is 0 Å². The first-order valence-corrected chi connectivity index (χ1v) is 12.1. The maximum atomic E-state index is 13.3. The molecule has 3 aromatic carbocycles. The van der Waals surface area contributed by atoms with Gasteiger partial charge in [0, 0.05) is 16.2 Å². The molecule has 0 aliphatic carbocycles. The van der Waals surface area contributed by atoms with Gasteiger partial charge in [-0.25, -0.2) is 4.79 Å². The molecule has 0 saturated carbocycles. The van der Waals surface area contributed by atoms with Crippen LogP contribution in [-0.2, 0) is 4.74 Å². The van der Waals surface area contributed by atoms with Crippen molar-refractivity contribution in [3.05, 3.63) is 51.9 Å². The first-order chi connectivity index (χ1) is 17.9. The number of aromatic hydroxyl groups is 1. The highest BCUT2D eigenvalue weighted by Crippen LogP contribution is 2.48. The van der Waals surface area contributed by atoms with E-state index in [0.29, 0.717) is 27.6 Å². The fourth-order valence-corrected chi connectivity index (χ4v) is 5.40. The van der Waals surface area contributed by atoms with E-state index in [0.717, 1.165) is 0 Å². The molecule has 0 amide bonds. The molecule has 6 atom stereocenters. The average Bonchev–Trinajstić information content (AvgIpc) is 2.89. The van der Waals surface area contributed by atoms with Crippen molar-refractivity contribution in [1.82, 2.24) is 0 Å². The molecule has 5 rings (SSSR count). The summed E-state index contributed by atoms with van der Waals surface area (Å²) in [5, 5.41) is 54.9. The summed E-state index contributed by atoms with van der Waals surface area (Å²) < 4.78 is 23.0. The molecule has 10 nitrogen and oxygen atoms in total. The second-order valence-corrected chi connectivity index (χ2v) is 9.97. The number of hydrogen-bond acceptors (Lipinski definition) is 10. The Morgan fingerprint density at radius 3 is 2.26 bits per heavy atom. The number of ether oxygens (including phenoxy) is 3. The minimum absolute atomic E-state index is 0.0708. The molecule has 0 bridgehead atoms. The summed E-state index contributed by atoms with van der Waals surface area (Å²) in [5.41, 5.74) is -1.80. The van der Waals surface area contributed by atoms with Gasteiger partial charge >= 0.3 is 5.63 Å². The number of fused-ring (bicyclic) bond motifs is 5. The molecule has 1 saturated heterocycles. The van der Waals surface area contributed by atoms with Gasteiger partial charge in [-0.3, -0.25) is 0 Å². The molecular weight excluding hydrogens is 496 g/mol. The zero-order valence-corrected chi connectivity index (χ0v) is 21.6. The number of rotatable bonds is 4. The van der Waals surface area contributed by atoms with Crippen LogP contribution >= 0.6 is 0 Å². The highest BCUT2D eigenvalue weighted by molar-refractivity contribution is 6.19. The quantitative estimate of drug-likeness (QED) is 0.198. The molecule has 0 radical (unpaired) electrons. The van der Waals surface area contributed by atoms with Gasteiger partial charge in [0.25, 0.3) is 0 Å². The Morgan fingerprint density at radius 1 is 0.974 bits per heavy atom. The summed E-state index contributed by atoms with van der Waals surface area (Å²) >= 11 is 0. The standard InChI is InChI=1S/C28H30O10/c1-11(29)13-8-16-20(18(9-13)35-4)15-10-19(36-5)22-17(30)7-6-14(21(22)23(15)38-27(16)33)24-26(32)28(3,34)25(31)12(2)37-24/h6-12,24-26,29-32,34H,1-5H3/t11-,12-,24-,25-,26+,28+/m1/s1. The van der Waals surface area contributed by atoms with Gasteiger partial charge in [0.1, 0.15) is 46.7 Å². The zero-order valence-electron chi connectivity index (χ0n) is 21.6. The number of hydrogen-bond donors (Lipinski definition) is 5. The molecule has 1 aliphatic rings. The smallest absolute Gasteiger partial charge is 0.344 e. The normalized spacial score (nSPS) is 26.7.